The third-order valence-corrected chi connectivity index (χ3v) is 3.58. The first-order chi connectivity index (χ1) is 12.4. The molecule has 0 aliphatic heterocycles. The Morgan fingerprint density at radius 2 is 2.12 bits per heavy atom. The molecular formula is C16H11ClN4O5. The highest BCUT2D eigenvalue weighted by Crippen LogP contribution is 2.22. The molecule has 1 aromatic heterocycles. The van der Waals surface area contributed by atoms with Crippen LogP contribution in [-0.2, 0) is 11.3 Å². The molecule has 1 heterocycles. The third-order valence-electron chi connectivity index (χ3n) is 3.35. The van der Waals surface area contributed by atoms with E-state index in [0.29, 0.717) is 10.6 Å². The monoisotopic (exact) mass is 374 g/mol. The number of aromatic nitrogens is 2. The molecule has 0 amide bonds. The number of halogens is 1. The Bertz CT molecular complexity index is 988. The molecule has 132 valence electrons. The molecule has 0 radical (unpaired) electrons. The van der Waals surface area contributed by atoms with Gasteiger partial charge in [0, 0.05) is 28.4 Å². The van der Waals surface area contributed by atoms with Crippen molar-refractivity contribution in [2.45, 2.75) is 6.61 Å². The summed E-state index contributed by atoms with van der Waals surface area (Å²) in [5, 5.41) is 15.1. The van der Waals surface area contributed by atoms with Crippen molar-refractivity contribution >= 4 is 28.9 Å². The van der Waals surface area contributed by atoms with Crippen LogP contribution in [0.4, 0.5) is 11.4 Å². The molecule has 0 saturated carbocycles. The minimum absolute atomic E-state index is 0.0531. The number of rotatable bonds is 5. The van der Waals surface area contributed by atoms with E-state index in [9.17, 15) is 14.9 Å². The molecule has 0 atom stereocenters. The van der Waals surface area contributed by atoms with Gasteiger partial charge in [-0.1, -0.05) is 28.9 Å². The average molecular weight is 375 g/mol. The molecule has 9 nitrogen and oxygen atoms in total. The van der Waals surface area contributed by atoms with Gasteiger partial charge in [0.2, 0.25) is 5.82 Å². The average Bonchev–Trinajstić information content (AvgIpc) is 3.09. The van der Waals surface area contributed by atoms with Gasteiger partial charge in [0.15, 0.2) is 6.61 Å². The van der Waals surface area contributed by atoms with Gasteiger partial charge in [-0.2, -0.15) is 4.98 Å². The fourth-order valence-corrected chi connectivity index (χ4v) is 2.29. The van der Waals surface area contributed by atoms with Crippen LogP contribution in [0.15, 0.2) is 47.0 Å². The zero-order valence-corrected chi connectivity index (χ0v) is 13.8. The van der Waals surface area contributed by atoms with Crippen LogP contribution in [0.3, 0.4) is 0 Å². The summed E-state index contributed by atoms with van der Waals surface area (Å²) in [6.07, 6.45) is 0. The lowest BCUT2D eigenvalue weighted by Crippen LogP contribution is -2.09. The van der Waals surface area contributed by atoms with Crippen LogP contribution in [-0.4, -0.2) is 21.0 Å². The standard InChI is InChI=1S/C16H11ClN4O5/c17-10-3-1-2-9(6-10)15-19-14(26-20-15)8-25-16(22)12-7-11(21(23)24)4-5-13(12)18/h1-7H,8,18H2. The molecule has 2 aromatic carbocycles. The van der Waals surface area contributed by atoms with Crippen LogP contribution in [0, 0.1) is 10.1 Å². The largest absolute Gasteiger partial charge is 0.452 e. The second-order valence-corrected chi connectivity index (χ2v) is 5.56. The van der Waals surface area contributed by atoms with Gasteiger partial charge in [-0.25, -0.2) is 4.79 Å². The summed E-state index contributed by atoms with van der Waals surface area (Å²) in [5.74, 6) is -0.501. The number of carbonyl (C=O) groups is 1. The Morgan fingerprint density at radius 1 is 1.31 bits per heavy atom. The van der Waals surface area contributed by atoms with Crippen molar-refractivity contribution in [3.05, 3.63) is 69.1 Å². The summed E-state index contributed by atoms with van der Waals surface area (Å²) >= 11 is 5.91. The van der Waals surface area contributed by atoms with Crippen molar-refractivity contribution in [2.75, 3.05) is 5.73 Å². The van der Waals surface area contributed by atoms with Gasteiger partial charge in [-0.05, 0) is 18.2 Å². The normalized spacial score (nSPS) is 10.5. The van der Waals surface area contributed by atoms with Crippen LogP contribution in [0.5, 0.6) is 0 Å². The number of ether oxygens (including phenoxy) is 1. The molecular weight excluding hydrogens is 364 g/mol. The summed E-state index contributed by atoms with van der Waals surface area (Å²) in [5.41, 5.74) is 5.98. The Balaban J connectivity index is 1.71. The molecule has 2 N–H and O–H groups in total. The van der Waals surface area contributed by atoms with E-state index in [1.807, 2.05) is 0 Å². The van der Waals surface area contributed by atoms with Crippen molar-refractivity contribution < 1.29 is 19.0 Å². The zero-order chi connectivity index (χ0) is 18.7. The van der Waals surface area contributed by atoms with Crippen LogP contribution in [0.25, 0.3) is 11.4 Å². The summed E-state index contributed by atoms with van der Waals surface area (Å²) in [7, 11) is 0. The van der Waals surface area contributed by atoms with Gasteiger partial charge in [0.25, 0.3) is 11.6 Å². The topological polar surface area (TPSA) is 134 Å². The molecule has 0 aliphatic rings. The Kier molecular flexibility index (Phi) is 4.81. The molecule has 0 spiro atoms. The first kappa shape index (κ1) is 17.4. The number of anilines is 1. The number of nitro benzene ring substituents is 1. The molecule has 0 bridgehead atoms. The van der Waals surface area contributed by atoms with E-state index in [1.54, 1.807) is 24.3 Å². The number of non-ortho nitro benzene ring substituents is 1. The number of benzene rings is 2. The van der Waals surface area contributed by atoms with Crippen molar-refractivity contribution in [3.63, 3.8) is 0 Å². The van der Waals surface area contributed by atoms with Gasteiger partial charge >= 0.3 is 5.97 Å². The molecule has 0 saturated heterocycles. The highest BCUT2D eigenvalue weighted by atomic mass is 35.5. The Hall–Kier alpha value is -3.46. The second kappa shape index (κ2) is 7.19. The number of carbonyl (C=O) groups excluding carboxylic acids is 1. The molecule has 26 heavy (non-hydrogen) atoms. The van der Waals surface area contributed by atoms with E-state index >= 15 is 0 Å². The number of esters is 1. The van der Waals surface area contributed by atoms with Crippen molar-refractivity contribution in [1.82, 2.24) is 10.1 Å². The third kappa shape index (κ3) is 3.78. The van der Waals surface area contributed by atoms with E-state index in [0.717, 1.165) is 6.07 Å². The fourth-order valence-electron chi connectivity index (χ4n) is 2.10. The SMILES string of the molecule is Nc1ccc([N+](=O)[O-])cc1C(=O)OCc1nc(-c2cccc(Cl)c2)no1. The lowest BCUT2D eigenvalue weighted by molar-refractivity contribution is -0.384. The van der Waals surface area contributed by atoms with Gasteiger partial charge in [-0.3, -0.25) is 10.1 Å². The van der Waals surface area contributed by atoms with Crippen molar-refractivity contribution in [1.29, 1.82) is 0 Å². The quantitative estimate of drug-likeness (QED) is 0.311. The highest BCUT2D eigenvalue weighted by molar-refractivity contribution is 6.30. The van der Waals surface area contributed by atoms with Gasteiger partial charge in [0.05, 0.1) is 10.5 Å². The predicted molar refractivity (Wildman–Crippen MR) is 91.4 cm³/mol. The minimum atomic E-state index is -0.839. The van der Waals surface area contributed by atoms with Gasteiger partial charge in [-0.15, -0.1) is 0 Å². The number of hydrogen-bond donors (Lipinski definition) is 1. The van der Waals surface area contributed by atoms with E-state index in [4.69, 9.17) is 26.6 Å². The lowest BCUT2D eigenvalue weighted by Gasteiger charge is -2.04. The minimum Gasteiger partial charge on any atom is -0.452 e. The Labute approximate surface area is 151 Å². The number of nitro groups is 1. The lowest BCUT2D eigenvalue weighted by atomic mass is 10.1. The first-order valence-electron chi connectivity index (χ1n) is 7.23. The smallest absolute Gasteiger partial charge is 0.341 e. The first-order valence-corrected chi connectivity index (χ1v) is 7.61. The molecule has 3 aromatic rings. The Morgan fingerprint density at radius 3 is 2.85 bits per heavy atom. The summed E-state index contributed by atoms with van der Waals surface area (Å²) in [4.78, 5) is 26.4. The molecule has 10 heteroatoms. The fraction of sp³-hybridized carbons (Fsp3) is 0.0625. The van der Waals surface area contributed by atoms with E-state index in [2.05, 4.69) is 10.1 Å². The van der Waals surface area contributed by atoms with E-state index in [-0.39, 0.29) is 35.3 Å². The number of nitrogens with zero attached hydrogens (tertiary/aromatic N) is 3. The van der Waals surface area contributed by atoms with Gasteiger partial charge in [0.1, 0.15) is 0 Å². The molecule has 0 unspecified atom stereocenters. The summed E-state index contributed by atoms with van der Waals surface area (Å²) in [6, 6.07) is 10.3. The van der Waals surface area contributed by atoms with E-state index in [1.165, 1.54) is 12.1 Å². The predicted octanol–water partition coefficient (Wildman–Crippen LogP) is 3.24. The molecule has 0 aliphatic carbocycles. The maximum atomic E-state index is 12.1. The van der Waals surface area contributed by atoms with Crippen molar-refractivity contribution in [3.8, 4) is 11.4 Å². The van der Waals surface area contributed by atoms with Crippen molar-refractivity contribution in [2.24, 2.45) is 0 Å². The van der Waals surface area contributed by atoms with Crippen LogP contribution in [0.2, 0.25) is 5.02 Å². The number of nitrogen functional groups attached to an aromatic ring is 1. The highest BCUT2D eigenvalue weighted by Gasteiger charge is 2.18. The summed E-state index contributed by atoms with van der Waals surface area (Å²) < 4.78 is 10.1. The maximum absolute atomic E-state index is 12.1. The molecule has 3 rings (SSSR count). The van der Waals surface area contributed by atoms with Gasteiger partial charge < -0.3 is 15.0 Å². The second-order valence-electron chi connectivity index (χ2n) is 5.13. The number of hydrogen-bond acceptors (Lipinski definition) is 8. The number of nitrogens with two attached hydrogens (primary N) is 1. The molecule has 0 fully saturated rings. The van der Waals surface area contributed by atoms with Crippen LogP contribution >= 0.6 is 11.6 Å². The summed E-state index contributed by atoms with van der Waals surface area (Å²) in [6.45, 7) is -0.311. The zero-order valence-electron chi connectivity index (χ0n) is 13.1. The maximum Gasteiger partial charge on any atom is 0.341 e. The van der Waals surface area contributed by atoms with E-state index < -0.39 is 10.9 Å². The van der Waals surface area contributed by atoms with Crippen LogP contribution < -0.4 is 5.73 Å². The van der Waals surface area contributed by atoms with Crippen LogP contribution in [0.1, 0.15) is 16.2 Å².